The zero-order chi connectivity index (χ0) is 16.8. The largest absolute Gasteiger partial charge is 0.465 e. The molecule has 0 saturated heterocycles. The summed E-state index contributed by atoms with van der Waals surface area (Å²) in [5, 5.41) is 5.23. The Morgan fingerprint density at radius 2 is 1.70 bits per heavy atom. The number of hydrogen-bond acceptors (Lipinski definition) is 4. The molecular weight excluding hydrogens is 296 g/mol. The molecule has 0 atom stereocenters. The smallest absolute Gasteiger partial charge is 0.339 e. The zero-order valence-corrected chi connectivity index (χ0v) is 13.4. The van der Waals surface area contributed by atoms with Gasteiger partial charge in [-0.1, -0.05) is 19.1 Å². The summed E-state index contributed by atoms with van der Waals surface area (Å²) in [5.74, 6) is -1.35. The average molecular weight is 318 g/mol. The van der Waals surface area contributed by atoms with Gasteiger partial charge in [-0.05, 0) is 43.7 Å². The maximum absolute atomic E-state index is 12.0. The third-order valence-electron chi connectivity index (χ3n) is 4.14. The normalized spacial score (nSPS) is 20.4. The van der Waals surface area contributed by atoms with E-state index in [1.807, 2.05) is 0 Å². The highest BCUT2D eigenvalue weighted by atomic mass is 16.5. The molecule has 1 aliphatic rings. The van der Waals surface area contributed by atoms with E-state index in [4.69, 9.17) is 0 Å². The van der Waals surface area contributed by atoms with E-state index in [0.717, 1.165) is 25.7 Å². The van der Waals surface area contributed by atoms with Crippen LogP contribution in [0.1, 0.15) is 43.0 Å². The number of hydrogen-bond donors (Lipinski definition) is 2. The molecule has 23 heavy (non-hydrogen) atoms. The van der Waals surface area contributed by atoms with Gasteiger partial charge < -0.3 is 15.4 Å². The van der Waals surface area contributed by atoms with Crippen molar-refractivity contribution >= 4 is 23.5 Å². The van der Waals surface area contributed by atoms with Gasteiger partial charge in [0.2, 0.25) is 0 Å². The van der Waals surface area contributed by atoms with E-state index in [1.165, 1.54) is 13.2 Å². The number of esters is 1. The molecule has 1 fully saturated rings. The molecule has 6 nitrogen and oxygen atoms in total. The molecule has 2 N–H and O–H groups in total. The van der Waals surface area contributed by atoms with Crippen LogP contribution in [0.3, 0.4) is 0 Å². The van der Waals surface area contributed by atoms with Gasteiger partial charge in [0, 0.05) is 6.04 Å². The van der Waals surface area contributed by atoms with Crippen molar-refractivity contribution in [3.8, 4) is 0 Å². The second-order valence-electron chi connectivity index (χ2n) is 5.92. The molecule has 2 rings (SSSR count). The van der Waals surface area contributed by atoms with Crippen LogP contribution in [0.2, 0.25) is 0 Å². The van der Waals surface area contributed by atoms with Crippen LogP contribution < -0.4 is 10.6 Å². The molecule has 1 aromatic carbocycles. The van der Waals surface area contributed by atoms with Crippen molar-refractivity contribution in [3.63, 3.8) is 0 Å². The fraction of sp³-hybridized carbons (Fsp3) is 0.471. The highest BCUT2D eigenvalue weighted by Crippen LogP contribution is 2.23. The fourth-order valence-electron chi connectivity index (χ4n) is 2.71. The third-order valence-corrected chi connectivity index (χ3v) is 4.14. The van der Waals surface area contributed by atoms with Gasteiger partial charge in [-0.3, -0.25) is 9.59 Å². The lowest BCUT2D eigenvalue weighted by atomic mass is 9.87. The quantitative estimate of drug-likeness (QED) is 0.660. The van der Waals surface area contributed by atoms with Crippen molar-refractivity contribution in [2.75, 3.05) is 12.4 Å². The standard InChI is InChI=1S/C17H22N2O4/c1-11-7-9-12(10-8-11)18-15(20)16(21)19-14-6-4-3-5-13(14)17(22)23-2/h3-6,11-12H,7-10H2,1-2H3,(H,18,20)(H,19,21). The van der Waals surface area contributed by atoms with Gasteiger partial charge in [0.15, 0.2) is 0 Å². The molecule has 1 saturated carbocycles. The maximum Gasteiger partial charge on any atom is 0.339 e. The van der Waals surface area contributed by atoms with E-state index in [-0.39, 0.29) is 17.3 Å². The first kappa shape index (κ1) is 17.0. The van der Waals surface area contributed by atoms with Gasteiger partial charge >= 0.3 is 17.8 Å². The number of methoxy groups -OCH3 is 1. The molecule has 6 heteroatoms. The maximum atomic E-state index is 12.0. The monoisotopic (exact) mass is 318 g/mol. The van der Waals surface area contributed by atoms with Gasteiger partial charge in [0.1, 0.15) is 0 Å². The van der Waals surface area contributed by atoms with Crippen molar-refractivity contribution in [1.29, 1.82) is 0 Å². The Morgan fingerprint density at radius 1 is 1.04 bits per heavy atom. The lowest BCUT2D eigenvalue weighted by molar-refractivity contribution is -0.136. The van der Waals surface area contributed by atoms with Crippen molar-refractivity contribution in [2.24, 2.45) is 5.92 Å². The number of amides is 2. The lowest BCUT2D eigenvalue weighted by Crippen LogP contribution is -2.43. The molecule has 0 aromatic heterocycles. The van der Waals surface area contributed by atoms with Crippen LogP contribution in [0.15, 0.2) is 24.3 Å². The van der Waals surface area contributed by atoms with E-state index in [1.54, 1.807) is 18.2 Å². The van der Waals surface area contributed by atoms with Crippen LogP contribution in [0.5, 0.6) is 0 Å². The summed E-state index contributed by atoms with van der Waals surface area (Å²) in [4.78, 5) is 35.7. The fourth-order valence-corrected chi connectivity index (χ4v) is 2.71. The first-order chi connectivity index (χ1) is 11.0. The number of benzene rings is 1. The second-order valence-corrected chi connectivity index (χ2v) is 5.92. The van der Waals surface area contributed by atoms with Crippen molar-refractivity contribution in [1.82, 2.24) is 5.32 Å². The van der Waals surface area contributed by atoms with Crippen molar-refractivity contribution in [3.05, 3.63) is 29.8 Å². The Morgan fingerprint density at radius 3 is 2.35 bits per heavy atom. The second kappa shape index (κ2) is 7.76. The highest BCUT2D eigenvalue weighted by molar-refractivity contribution is 6.40. The molecule has 1 aromatic rings. The van der Waals surface area contributed by atoms with Crippen LogP contribution in [-0.2, 0) is 14.3 Å². The summed E-state index contributed by atoms with van der Waals surface area (Å²) in [5.41, 5.74) is 0.472. The average Bonchev–Trinajstić information content (AvgIpc) is 2.56. The molecule has 0 unspecified atom stereocenters. The van der Waals surface area contributed by atoms with Crippen molar-refractivity contribution < 1.29 is 19.1 Å². The Bertz CT molecular complexity index is 592. The molecule has 0 bridgehead atoms. The van der Waals surface area contributed by atoms with Gasteiger partial charge in [0.25, 0.3) is 0 Å². The summed E-state index contributed by atoms with van der Waals surface area (Å²) in [6, 6.07) is 6.45. The van der Waals surface area contributed by atoms with Crippen molar-refractivity contribution in [2.45, 2.75) is 38.6 Å². The van der Waals surface area contributed by atoms with E-state index in [9.17, 15) is 14.4 Å². The molecule has 0 aliphatic heterocycles. The number of anilines is 1. The minimum atomic E-state index is -0.778. The lowest BCUT2D eigenvalue weighted by Gasteiger charge is -2.26. The van der Waals surface area contributed by atoms with E-state index < -0.39 is 17.8 Å². The molecule has 124 valence electrons. The number of carbonyl (C=O) groups is 3. The predicted molar refractivity (Wildman–Crippen MR) is 86.0 cm³/mol. The van der Waals surface area contributed by atoms with Gasteiger partial charge in [-0.15, -0.1) is 0 Å². The van der Waals surface area contributed by atoms with E-state index >= 15 is 0 Å². The Labute approximate surface area is 135 Å². The minimum Gasteiger partial charge on any atom is -0.465 e. The Hall–Kier alpha value is -2.37. The van der Waals surface area contributed by atoms with Crippen LogP contribution in [0, 0.1) is 5.92 Å². The summed E-state index contributed by atoms with van der Waals surface area (Å²) in [6.45, 7) is 2.19. The summed E-state index contributed by atoms with van der Waals surface area (Å²) in [6.07, 6.45) is 3.88. The summed E-state index contributed by atoms with van der Waals surface area (Å²) >= 11 is 0. The zero-order valence-electron chi connectivity index (χ0n) is 13.4. The summed E-state index contributed by atoms with van der Waals surface area (Å²) < 4.78 is 4.66. The van der Waals surface area contributed by atoms with Gasteiger partial charge in [-0.2, -0.15) is 0 Å². The Kier molecular flexibility index (Phi) is 5.73. The number of ether oxygens (including phenoxy) is 1. The predicted octanol–water partition coefficient (Wildman–Crippen LogP) is 2.11. The Balaban J connectivity index is 1.96. The van der Waals surface area contributed by atoms with E-state index in [0.29, 0.717) is 5.92 Å². The highest BCUT2D eigenvalue weighted by Gasteiger charge is 2.23. The number of carbonyl (C=O) groups excluding carboxylic acids is 3. The van der Waals surface area contributed by atoms with Gasteiger partial charge in [-0.25, -0.2) is 4.79 Å². The van der Waals surface area contributed by atoms with E-state index in [2.05, 4.69) is 22.3 Å². The summed E-state index contributed by atoms with van der Waals surface area (Å²) in [7, 11) is 1.26. The number of rotatable bonds is 3. The van der Waals surface area contributed by atoms with Crippen LogP contribution in [0.4, 0.5) is 5.69 Å². The molecule has 1 aliphatic carbocycles. The SMILES string of the molecule is COC(=O)c1ccccc1NC(=O)C(=O)NC1CCC(C)CC1. The number of nitrogens with one attached hydrogen (secondary N) is 2. The molecular formula is C17H22N2O4. The number of para-hydroxylation sites is 1. The first-order valence-corrected chi connectivity index (χ1v) is 7.80. The topological polar surface area (TPSA) is 84.5 Å². The van der Waals surface area contributed by atoms with Crippen LogP contribution in [0.25, 0.3) is 0 Å². The molecule has 2 amide bonds. The van der Waals surface area contributed by atoms with Crippen LogP contribution >= 0.6 is 0 Å². The molecule has 0 heterocycles. The molecule has 0 radical (unpaired) electrons. The minimum absolute atomic E-state index is 0.0419. The third kappa shape index (κ3) is 4.55. The molecule has 0 spiro atoms. The first-order valence-electron chi connectivity index (χ1n) is 7.80. The van der Waals surface area contributed by atoms with Crippen LogP contribution in [-0.4, -0.2) is 30.9 Å². The van der Waals surface area contributed by atoms with Gasteiger partial charge in [0.05, 0.1) is 18.4 Å².